The molecule has 1 nitrogen and oxygen atoms in total. The molecule has 1 saturated carbocycles. The maximum Gasteiger partial charge on any atom is 0.0240 e. The summed E-state index contributed by atoms with van der Waals surface area (Å²) in [7, 11) is 0. The van der Waals surface area contributed by atoms with Gasteiger partial charge < -0.3 is 0 Å². The standard InChI is InChI=1S/C19H23N/c1-16-12-19(13-16)20(14-17-8-4-2-5-9-17)15-18-10-6-3-7-11-18/h2-11,16,19H,12-15H2,1H3. The molecule has 20 heavy (non-hydrogen) atoms. The highest BCUT2D eigenvalue weighted by atomic mass is 15.2. The summed E-state index contributed by atoms with van der Waals surface area (Å²) in [6, 6.07) is 22.4. The van der Waals surface area contributed by atoms with E-state index in [-0.39, 0.29) is 0 Å². The van der Waals surface area contributed by atoms with Gasteiger partial charge in [-0.05, 0) is 29.9 Å². The molecule has 0 bridgehead atoms. The smallest absolute Gasteiger partial charge is 0.0240 e. The number of nitrogens with zero attached hydrogens (tertiary/aromatic N) is 1. The minimum atomic E-state index is 0.755. The molecule has 1 aliphatic rings. The lowest BCUT2D eigenvalue weighted by molar-refractivity contribution is 0.0725. The first-order valence-electron chi connectivity index (χ1n) is 7.63. The molecule has 0 atom stereocenters. The van der Waals surface area contributed by atoms with Crippen LogP contribution in [0.1, 0.15) is 30.9 Å². The molecule has 1 heteroatoms. The summed E-state index contributed by atoms with van der Waals surface area (Å²) in [5, 5.41) is 0. The molecule has 1 aliphatic carbocycles. The van der Waals surface area contributed by atoms with E-state index in [1.165, 1.54) is 24.0 Å². The molecule has 0 saturated heterocycles. The molecular formula is C19H23N. The predicted octanol–water partition coefficient (Wildman–Crippen LogP) is 4.49. The molecule has 2 aromatic carbocycles. The van der Waals surface area contributed by atoms with Crippen LogP contribution in [-0.2, 0) is 13.1 Å². The second-order valence-electron chi connectivity index (χ2n) is 6.11. The van der Waals surface area contributed by atoms with Gasteiger partial charge in [-0.2, -0.15) is 0 Å². The monoisotopic (exact) mass is 265 g/mol. The summed E-state index contributed by atoms with van der Waals surface area (Å²) in [6.45, 7) is 4.49. The zero-order valence-corrected chi connectivity index (χ0v) is 12.2. The number of hydrogen-bond acceptors (Lipinski definition) is 1. The predicted molar refractivity (Wildman–Crippen MR) is 84.3 cm³/mol. The van der Waals surface area contributed by atoms with E-state index < -0.39 is 0 Å². The maximum absolute atomic E-state index is 2.64. The first-order valence-corrected chi connectivity index (χ1v) is 7.63. The van der Waals surface area contributed by atoms with Crippen molar-refractivity contribution < 1.29 is 0 Å². The molecule has 0 unspecified atom stereocenters. The molecule has 104 valence electrons. The summed E-state index contributed by atoms with van der Waals surface area (Å²) in [5.74, 6) is 0.897. The number of rotatable bonds is 5. The minimum absolute atomic E-state index is 0.755. The zero-order valence-electron chi connectivity index (χ0n) is 12.2. The molecule has 0 amide bonds. The number of hydrogen-bond donors (Lipinski definition) is 0. The summed E-state index contributed by atoms with van der Waals surface area (Å²) < 4.78 is 0. The van der Waals surface area contributed by atoms with Crippen LogP contribution in [-0.4, -0.2) is 10.9 Å². The van der Waals surface area contributed by atoms with E-state index >= 15 is 0 Å². The van der Waals surface area contributed by atoms with Crippen LogP contribution in [0.5, 0.6) is 0 Å². The molecule has 0 heterocycles. The van der Waals surface area contributed by atoms with Crippen molar-refractivity contribution in [3.05, 3.63) is 71.8 Å². The van der Waals surface area contributed by atoms with E-state index in [0.29, 0.717) is 0 Å². The molecule has 0 spiro atoms. The van der Waals surface area contributed by atoms with Gasteiger partial charge in [0.1, 0.15) is 0 Å². The van der Waals surface area contributed by atoms with E-state index in [2.05, 4.69) is 72.5 Å². The van der Waals surface area contributed by atoms with Crippen molar-refractivity contribution in [3.63, 3.8) is 0 Å². The maximum atomic E-state index is 2.64. The van der Waals surface area contributed by atoms with Gasteiger partial charge in [-0.1, -0.05) is 67.6 Å². The Hall–Kier alpha value is -1.60. The van der Waals surface area contributed by atoms with Gasteiger partial charge in [0.05, 0.1) is 0 Å². The van der Waals surface area contributed by atoms with Crippen LogP contribution in [0, 0.1) is 5.92 Å². The lowest BCUT2D eigenvalue weighted by atomic mass is 9.80. The summed E-state index contributed by atoms with van der Waals surface area (Å²) in [6.07, 6.45) is 2.69. The largest absolute Gasteiger partial charge is 0.292 e. The average Bonchev–Trinajstić information content (AvgIpc) is 2.46. The first-order chi connectivity index (χ1) is 9.81. The molecule has 2 aromatic rings. The van der Waals surface area contributed by atoms with Gasteiger partial charge in [0.15, 0.2) is 0 Å². The first kappa shape index (κ1) is 13.4. The molecule has 0 radical (unpaired) electrons. The average molecular weight is 265 g/mol. The van der Waals surface area contributed by atoms with Gasteiger partial charge in [-0.25, -0.2) is 0 Å². The minimum Gasteiger partial charge on any atom is -0.292 e. The van der Waals surface area contributed by atoms with E-state index in [0.717, 1.165) is 25.0 Å². The van der Waals surface area contributed by atoms with Crippen LogP contribution in [0.25, 0.3) is 0 Å². The highest BCUT2D eigenvalue weighted by molar-refractivity contribution is 5.17. The Kier molecular flexibility index (Phi) is 4.17. The zero-order chi connectivity index (χ0) is 13.8. The Labute approximate surface area is 122 Å². The fourth-order valence-electron chi connectivity index (χ4n) is 3.11. The quantitative estimate of drug-likeness (QED) is 0.770. The Morgan fingerprint density at radius 3 is 1.65 bits per heavy atom. The second kappa shape index (κ2) is 6.23. The summed E-state index contributed by atoms with van der Waals surface area (Å²) >= 11 is 0. The molecule has 3 rings (SSSR count). The number of benzene rings is 2. The van der Waals surface area contributed by atoms with Crippen molar-refractivity contribution >= 4 is 0 Å². The fraction of sp³-hybridized carbons (Fsp3) is 0.368. The Balaban J connectivity index is 1.71. The van der Waals surface area contributed by atoms with Crippen molar-refractivity contribution in [1.82, 2.24) is 4.90 Å². The summed E-state index contributed by atoms with van der Waals surface area (Å²) in [4.78, 5) is 2.64. The van der Waals surface area contributed by atoms with Gasteiger partial charge in [-0.15, -0.1) is 0 Å². The van der Waals surface area contributed by atoms with Crippen LogP contribution < -0.4 is 0 Å². The SMILES string of the molecule is CC1CC(N(Cc2ccccc2)Cc2ccccc2)C1. The van der Waals surface area contributed by atoms with Crippen molar-refractivity contribution in [3.8, 4) is 0 Å². The van der Waals surface area contributed by atoms with Crippen molar-refractivity contribution in [1.29, 1.82) is 0 Å². The van der Waals surface area contributed by atoms with Crippen molar-refractivity contribution in [2.24, 2.45) is 5.92 Å². The van der Waals surface area contributed by atoms with E-state index in [9.17, 15) is 0 Å². The van der Waals surface area contributed by atoms with Crippen LogP contribution in [0.2, 0.25) is 0 Å². The lowest BCUT2D eigenvalue weighted by Gasteiger charge is -2.42. The molecule has 0 aliphatic heterocycles. The Bertz CT molecular complexity index is 472. The van der Waals surface area contributed by atoms with Crippen LogP contribution in [0.3, 0.4) is 0 Å². The normalized spacial score (nSPS) is 21.7. The fourth-order valence-corrected chi connectivity index (χ4v) is 3.11. The van der Waals surface area contributed by atoms with Gasteiger partial charge in [0.25, 0.3) is 0 Å². The Morgan fingerprint density at radius 1 is 0.800 bits per heavy atom. The molecule has 0 N–H and O–H groups in total. The molecular weight excluding hydrogens is 242 g/mol. The van der Waals surface area contributed by atoms with E-state index in [1.54, 1.807) is 0 Å². The van der Waals surface area contributed by atoms with Gasteiger partial charge in [0.2, 0.25) is 0 Å². The van der Waals surface area contributed by atoms with Gasteiger partial charge in [-0.3, -0.25) is 4.90 Å². The highest BCUT2D eigenvalue weighted by Crippen LogP contribution is 2.33. The van der Waals surface area contributed by atoms with Crippen LogP contribution in [0.4, 0.5) is 0 Å². The van der Waals surface area contributed by atoms with Crippen molar-refractivity contribution in [2.75, 3.05) is 0 Å². The third-order valence-electron chi connectivity index (χ3n) is 4.32. The van der Waals surface area contributed by atoms with Crippen LogP contribution >= 0.6 is 0 Å². The second-order valence-corrected chi connectivity index (χ2v) is 6.11. The molecule has 1 fully saturated rings. The van der Waals surface area contributed by atoms with E-state index in [1.807, 2.05) is 0 Å². The third-order valence-corrected chi connectivity index (χ3v) is 4.32. The lowest BCUT2D eigenvalue weighted by Crippen LogP contribution is -2.43. The van der Waals surface area contributed by atoms with Crippen LogP contribution in [0.15, 0.2) is 60.7 Å². The van der Waals surface area contributed by atoms with Gasteiger partial charge >= 0.3 is 0 Å². The third kappa shape index (κ3) is 3.29. The molecule has 0 aromatic heterocycles. The van der Waals surface area contributed by atoms with Crippen molar-refractivity contribution in [2.45, 2.75) is 38.9 Å². The van der Waals surface area contributed by atoms with E-state index in [4.69, 9.17) is 0 Å². The van der Waals surface area contributed by atoms with Gasteiger partial charge in [0, 0.05) is 19.1 Å². The topological polar surface area (TPSA) is 3.24 Å². The summed E-state index contributed by atoms with van der Waals surface area (Å²) in [5.41, 5.74) is 2.84. The Morgan fingerprint density at radius 2 is 1.25 bits per heavy atom. The highest BCUT2D eigenvalue weighted by Gasteiger charge is 2.30.